The Morgan fingerprint density at radius 1 is 1.03 bits per heavy atom. The van der Waals surface area contributed by atoms with Gasteiger partial charge in [-0.05, 0) is 99.9 Å². The third kappa shape index (κ3) is 12.5. The number of aliphatic hydroxyl groups is 3. The first-order valence-electron chi connectivity index (χ1n) is 24.3. The van der Waals surface area contributed by atoms with Gasteiger partial charge in [0.1, 0.15) is 36.2 Å². The second kappa shape index (κ2) is 22.9. The molecule has 19 nitrogen and oxygen atoms in total. The van der Waals surface area contributed by atoms with E-state index in [-0.39, 0.29) is 56.8 Å². The minimum Gasteiger partial charge on any atom is -0.459 e. The molecular formula is C49H80N6O13. The number of oxime groups is 1. The van der Waals surface area contributed by atoms with Gasteiger partial charge < -0.3 is 68.3 Å². The summed E-state index contributed by atoms with van der Waals surface area (Å²) >= 11 is 0. The van der Waals surface area contributed by atoms with Crippen molar-refractivity contribution >= 4 is 11.7 Å². The standard InChI is InChI=1S/C49H80N6O13/c1-14-37-49(10,59)43-28(2)23-50-29(3)21-48(9,62-27-35(26-61-43)53-63-25-34-16-17-38(51-24-34)55-19-15-18-52-55)44(68-46-40(56)36(54(11)12)20-30(4)64-46)31(5)41(32(6)45(58)66-37)67-39-22-47(8,60-13)42(57)33(7)65-39/h15-19,24,28-33,36-37,39-44,46,50,56-57,59H,14,20-23,25-27H2,1-13H3/b53-35+/t28-,29+,30+,31-,32+,33-,36-,37+,39-,40+,41-,42-,43+,44+,46-,47+,48+,49+/m0/s1. The van der Waals surface area contributed by atoms with Crippen LogP contribution in [0, 0.1) is 17.8 Å². The zero-order valence-electron chi connectivity index (χ0n) is 42.4. The summed E-state index contributed by atoms with van der Waals surface area (Å²) in [6.45, 7) is 18.9. The van der Waals surface area contributed by atoms with E-state index in [9.17, 15) is 20.1 Å². The van der Waals surface area contributed by atoms with E-state index < -0.39 is 89.9 Å². The number of ether oxygens (including phenoxy) is 8. The topological polar surface area (TPSA) is 219 Å². The van der Waals surface area contributed by atoms with E-state index in [0.717, 1.165) is 5.56 Å². The largest absolute Gasteiger partial charge is 0.459 e. The maximum atomic E-state index is 14.8. The van der Waals surface area contributed by atoms with Crippen LogP contribution in [0.2, 0.25) is 0 Å². The molecular weight excluding hydrogens is 881 g/mol. The molecule has 5 aliphatic heterocycles. The molecule has 0 spiro atoms. The van der Waals surface area contributed by atoms with Crippen molar-refractivity contribution in [1.82, 2.24) is 25.0 Å². The van der Waals surface area contributed by atoms with Gasteiger partial charge in [0.15, 0.2) is 18.4 Å². The van der Waals surface area contributed by atoms with Crippen LogP contribution >= 0.6 is 0 Å². The molecule has 5 aliphatic rings. The number of fused-ring (bicyclic) bond motifs is 15. The van der Waals surface area contributed by atoms with Crippen molar-refractivity contribution in [3.8, 4) is 5.82 Å². The minimum atomic E-state index is -1.69. The van der Waals surface area contributed by atoms with Crippen molar-refractivity contribution in [3.63, 3.8) is 0 Å². The van der Waals surface area contributed by atoms with Gasteiger partial charge in [0.25, 0.3) is 0 Å². The Hall–Kier alpha value is -3.18. The number of hydrogen-bond donors (Lipinski definition) is 4. The highest BCUT2D eigenvalue weighted by Gasteiger charge is 2.54. The first-order chi connectivity index (χ1) is 32.1. The van der Waals surface area contributed by atoms with Crippen molar-refractivity contribution < 1.29 is 62.8 Å². The van der Waals surface area contributed by atoms with Gasteiger partial charge in [-0.1, -0.05) is 32.0 Å². The fraction of sp³-hybridized carbons (Fsp3) is 0.796. The molecule has 5 fully saturated rings. The first kappa shape index (κ1) is 54.2. The van der Waals surface area contributed by atoms with Gasteiger partial charge in [-0.25, -0.2) is 9.67 Å². The molecule has 0 saturated carbocycles. The number of aliphatic hydroxyl groups excluding tert-OH is 2. The van der Waals surface area contributed by atoms with Crippen LogP contribution in [0.25, 0.3) is 5.82 Å². The number of esters is 1. The van der Waals surface area contributed by atoms with E-state index in [1.54, 1.807) is 44.8 Å². The Morgan fingerprint density at radius 3 is 2.43 bits per heavy atom. The number of rotatable bonds is 11. The van der Waals surface area contributed by atoms with Crippen molar-refractivity contribution in [3.05, 3.63) is 42.4 Å². The number of nitrogens with one attached hydrogen (secondary N) is 1. The van der Waals surface area contributed by atoms with Crippen LogP contribution in [0.3, 0.4) is 0 Å². The fourth-order valence-corrected chi connectivity index (χ4v) is 10.6. The van der Waals surface area contributed by atoms with Gasteiger partial charge >= 0.3 is 5.97 Å². The van der Waals surface area contributed by atoms with E-state index in [0.29, 0.717) is 30.9 Å². The average molecular weight is 961 g/mol. The Bertz CT molecular complexity index is 1930. The van der Waals surface area contributed by atoms with E-state index in [1.807, 2.05) is 78.0 Å². The van der Waals surface area contributed by atoms with Gasteiger partial charge in [0.2, 0.25) is 0 Å². The normalized spacial score (nSPS) is 42.1. The lowest BCUT2D eigenvalue weighted by Crippen LogP contribution is -2.61. The number of likely N-dealkylation sites (N-methyl/N-ethyl adjacent to an activating group) is 1. The maximum Gasteiger partial charge on any atom is 0.311 e. The molecule has 68 heavy (non-hydrogen) atoms. The van der Waals surface area contributed by atoms with Crippen LogP contribution in [-0.4, -0.2) is 178 Å². The van der Waals surface area contributed by atoms with Crippen molar-refractivity contribution in [1.29, 1.82) is 0 Å². The second-order valence-corrected chi connectivity index (χ2v) is 20.6. The highest BCUT2D eigenvalue weighted by molar-refractivity contribution is 5.86. The number of nitrogens with zero attached hydrogens (tertiary/aromatic N) is 5. The third-order valence-electron chi connectivity index (χ3n) is 14.6. The lowest BCUT2D eigenvalue weighted by Gasteiger charge is -2.50. The van der Waals surface area contributed by atoms with Gasteiger partial charge in [-0.2, -0.15) is 5.10 Å². The zero-order valence-corrected chi connectivity index (χ0v) is 42.4. The zero-order chi connectivity index (χ0) is 49.7. The monoisotopic (exact) mass is 961 g/mol. The van der Waals surface area contributed by atoms with Crippen LogP contribution in [-0.2, 0) is 54.1 Å². The molecule has 7 heterocycles. The Morgan fingerprint density at radius 2 is 1.78 bits per heavy atom. The summed E-state index contributed by atoms with van der Waals surface area (Å²) in [6, 6.07) is 5.05. The summed E-state index contributed by atoms with van der Waals surface area (Å²) in [4.78, 5) is 27.3. The number of carbonyl (C=O) groups excluding carboxylic acids is 1. The molecule has 2 aromatic rings. The number of methoxy groups -OCH3 is 1. The van der Waals surface area contributed by atoms with E-state index in [1.165, 1.54) is 7.11 Å². The Labute approximate surface area is 402 Å². The van der Waals surface area contributed by atoms with Crippen molar-refractivity contribution in [2.24, 2.45) is 22.9 Å². The Balaban J connectivity index is 1.46. The maximum absolute atomic E-state index is 14.8. The smallest absolute Gasteiger partial charge is 0.311 e. The van der Waals surface area contributed by atoms with Gasteiger partial charge in [0, 0.05) is 62.2 Å². The lowest BCUT2D eigenvalue weighted by atomic mass is 9.78. The molecule has 0 amide bonds. The average Bonchev–Trinajstić information content (AvgIpc) is 3.84. The SMILES string of the molecule is CC[C@H]1OC(=O)[C@H](C)[C@@H](O[C@H]2C[C@@](C)(OC)[C@@H](O)[C@H](C)O2)[C@H](C)[C@@H](O[C@@H]2O[C@H](C)C[C@H](N(C)C)[C@H]2O)[C@@]2(C)C[C@@H](C)NC[C@H](C)[C@@H](OC/C(=N\OCc3ccc(-n4cccn4)nc3)CO2)[C@]1(C)O. The summed E-state index contributed by atoms with van der Waals surface area (Å²) in [5.74, 6) is -1.96. The van der Waals surface area contributed by atoms with Crippen LogP contribution in [0.5, 0.6) is 0 Å². The van der Waals surface area contributed by atoms with E-state index in [4.69, 9.17) is 42.7 Å². The van der Waals surface area contributed by atoms with Crippen molar-refractivity contribution in [2.45, 2.75) is 192 Å². The number of aromatic nitrogens is 3. The summed E-state index contributed by atoms with van der Waals surface area (Å²) in [7, 11) is 5.36. The molecule has 0 unspecified atom stereocenters. The predicted molar refractivity (Wildman–Crippen MR) is 251 cm³/mol. The first-order valence-corrected chi connectivity index (χ1v) is 24.3. The molecule has 0 aromatic carbocycles. The Kier molecular flexibility index (Phi) is 18.3. The van der Waals surface area contributed by atoms with Crippen LogP contribution in [0.4, 0.5) is 0 Å². The molecule has 18 atom stereocenters. The van der Waals surface area contributed by atoms with Crippen LogP contribution < -0.4 is 5.32 Å². The molecule has 0 aliphatic carbocycles. The summed E-state index contributed by atoms with van der Waals surface area (Å²) in [5.41, 5.74) is -2.80. The number of hydrogen-bond acceptors (Lipinski definition) is 18. The highest BCUT2D eigenvalue weighted by Crippen LogP contribution is 2.41. The number of carbonyl (C=O) groups is 1. The van der Waals surface area contributed by atoms with Crippen molar-refractivity contribution in [2.75, 3.05) is 41.0 Å². The quantitative estimate of drug-likeness (QED) is 0.186. The van der Waals surface area contributed by atoms with Gasteiger partial charge in [-0.3, -0.25) is 4.79 Å². The molecule has 384 valence electrons. The molecule has 4 N–H and O–H groups in total. The van der Waals surface area contributed by atoms with E-state index >= 15 is 0 Å². The predicted octanol–water partition coefficient (Wildman–Crippen LogP) is 3.77. The molecule has 5 saturated heterocycles. The lowest BCUT2D eigenvalue weighted by molar-refractivity contribution is -0.319. The van der Waals surface area contributed by atoms with Gasteiger partial charge in [-0.15, -0.1) is 0 Å². The molecule has 2 aromatic heterocycles. The minimum absolute atomic E-state index is 0.0856. The highest BCUT2D eigenvalue weighted by atomic mass is 16.7. The van der Waals surface area contributed by atoms with E-state index in [2.05, 4.69) is 27.5 Å². The molecule has 19 heteroatoms. The molecule has 7 rings (SSSR count). The fourth-order valence-electron chi connectivity index (χ4n) is 10.6. The second-order valence-electron chi connectivity index (χ2n) is 20.6. The van der Waals surface area contributed by atoms with Crippen LogP contribution in [0.1, 0.15) is 100 Å². The number of pyridine rings is 1. The van der Waals surface area contributed by atoms with Crippen LogP contribution in [0.15, 0.2) is 41.9 Å². The van der Waals surface area contributed by atoms with Gasteiger partial charge in [0.05, 0.1) is 60.9 Å². The molecule has 2 bridgehead atoms. The molecule has 0 radical (unpaired) electrons. The summed E-state index contributed by atoms with van der Waals surface area (Å²) < 4.78 is 54.6. The third-order valence-corrected chi connectivity index (χ3v) is 14.6. The summed E-state index contributed by atoms with van der Waals surface area (Å²) in [6.07, 6.45) is -2.30. The summed E-state index contributed by atoms with van der Waals surface area (Å²) in [5, 5.41) is 48.3.